The van der Waals surface area contributed by atoms with Gasteiger partial charge in [0.2, 0.25) is 0 Å². The minimum atomic E-state index is -5.25. The van der Waals surface area contributed by atoms with E-state index in [2.05, 4.69) is 5.32 Å². The fraction of sp³-hybridized carbons (Fsp3) is 0.375. The second-order valence-electron chi connectivity index (χ2n) is 8.78. The molecule has 1 N–H and O–H groups in total. The van der Waals surface area contributed by atoms with Gasteiger partial charge in [0.1, 0.15) is 11.7 Å². The van der Waals surface area contributed by atoms with Crippen molar-refractivity contribution in [3.05, 3.63) is 73.7 Å². The van der Waals surface area contributed by atoms with E-state index in [1.165, 1.54) is 6.92 Å². The Labute approximate surface area is 236 Å². The molecule has 0 heterocycles. The van der Waals surface area contributed by atoms with E-state index in [0.717, 1.165) is 24.1 Å². The lowest BCUT2D eigenvalue weighted by atomic mass is 9.95. The summed E-state index contributed by atoms with van der Waals surface area (Å²) in [4.78, 5) is 13.3. The van der Waals surface area contributed by atoms with E-state index < -0.39 is 71.0 Å². The highest BCUT2D eigenvalue weighted by atomic mass is 35.5. The maximum absolute atomic E-state index is 15.0. The predicted octanol–water partition coefficient (Wildman–Crippen LogP) is 8.93. The third-order valence-corrected chi connectivity index (χ3v) is 6.49. The monoisotopic (exact) mass is 646 g/mol. The molecule has 222 valence electrons. The highest BCUT2D eigenvalue weighted by Crippen LogP contribution is 2.42. The van der Waals surface area contributed by atoms with Crippen molar-refractivity contribution >= 4 is 46.5 Å². The van der Waals surface area contributed by atoms with Crippen LogP contribution in [0.3, 0.4) is 0 Å². The molecule has 0 fully saturated rings. The molecule has 0 aliphatic carbocycles. The van der Waals surface area contributed by atoms with Gasteiger partial charge in [0.05, 0.1) is 32.7 Å². The Balaban J connectivity index is 2.43. The van der Waals surface area contributed by atoms with Crippen molar-refractivity contribution in [3.8, 4) is 0 Å². The van der Waals surface area contributed by atoms with E-state index in [1.54, 1.807) is 0 Å². The third-order valence-electron chi connectivity index (χ3n) is 5.29. The molecule has 40 heavy (non-hydrogen) atoms. The number of benzene rings is 2. The molecule has 2 atom stereocenters. The summed E-state index contributed by atoms with van der Waals surface area (Å²) in [7, 11) is 1.08. The van der Waals surface area contributed by atoms with E-state index in [0.29, 0.717) is 12.1 Å². The van der Waals surface area contributed by atoms with Crippen molar-refractivity contribution in [1.82, 2.24) is 10.2 Å². The molecule has 1 unspecified atom stereocenters. The highest BCUT2D eigenvalue weighted by molar-refractivity contribution is 6.48. The molecule has 3 nitrogen and oxygen atoms in total. The number of amides is 1. The van der Waals surface area contributed by atoms with Gasteiger partial charge in [-0.05, 0) is 49.9 Å². The maximum atomic E-state index is 15.0. The Bertz CT molecular complexity index is 1240. The van der Waals surface area contributed by atoms with Gasteiger partial charge in [-0.2, -0.15) is 39.5 Å². The van der Waals surface area contributed by atoms with Crippen LogP contribution in [0.15, 0.2) is 36.4 Å². The van der Waals surface area contributed by atoms with Crippen molar-refractivity contribution in [1.29, 1.82) is 0 Å². The van der Waals surface area contributed by atoms with Crippen LogP contribution >= 0.6 is 34.8 Å². The van der Waals surface area contributed by atoms with Gasteiger partial charge in [-0.3, -0.25) is 9.69 Å². The van der Waals surface area contributed by atoms with Gasteiger partial charge in [0.15, 0.2) is 0 Å². The maximum Gasteiger partial charge on any atom is 0.417 e. The molecule has 1 amide bonds. The third kappa shape index (κ3) is 9.42. The largest absolute Gasteiger partial charge is 0.417 e. The van der Waals surface area contributed by atoms with E-state index in [-0.39, 0.29) is 33.8 Å². The predicted molar refractivity (Wildman–Crippen MR) is 131 cm³/mol. The molecule has 0 saturated carbocycles. The van der Waals surface area contributed by atoms with Crippen LogP contribution < -0.4 is 5.32 Å². The van der Waals surface area contributed by atoms with Crippen molar-refractivity contribution < 1.29 is 48.7 Å². The van der Waals surface area contributed by atoms with Crippen LogP contribution in [0.2, 0.25) is 15.1 Å². The zero-order valence-electron chi connectivity index (χ0n) is 20.3. The molecule has 0 aliphatic rings. The van der Waals surface area contributed by atoms with Gasteiger partial charge in [-0.15, -0.1) is 0 Å². The van der Waals surface area contributed by atoms with Crippen molar-refractivity contribution in [3.63, 3.8) is 0 Å². The lowest BCUT2D eigenvalue weighted by molar-refractivity contribution is -0.143. The van der Waals surface area contributed by atoms with E-state index in [4.69, 9.17) is 34.8 Å². The van der Waals surface area contributed by atoms with Crippen LogP contribution in [0.4, 0.5) is 43.9 Å². The second-order valence-corrected chi connectivity index (χ2v) is 9.97. The van der Waals surface area contributed by atoms with Crippen LogP contribution in [-0.4, -0.2) is 49.3 Å². The molecule has 0 aromatic heterocycles. The minimum absolute atomic E-state index is 0.0175. The summed E-state index contributed by atoms with van der Waals surface area (Å²) < 4.78 is 135. The number of allylic oxidation sites excluding steroid dienone is 1. The Morgan fingerprint density at radius 2 is 1.52 bits per heavy atom. The van der Waals surface area contributed by atoms with E-state index in [9.17, 15) is 48.7 Å². The number of nitrogens with zero attached hydrogens (tertiary/aromatic N) is 1. The first-order chi connectivity index (χ1) is 18.1. The molecule has 0 radical (unpaired) electrons. The second kappa shape index (κ2) is 12.7. The number of halogens is 13. The SMILES string of the molecule is C[C@H](CN(C)CC(F)(F)F)NC(=O)c1ccc(/C(F)=C/C(c2cc(Cl)c(Cl)c(Cl)c2)C(F)(F)F)cc1C(F)(F)F. The van der Waals surface area contributed by atoms with Gasteiger partial charge < -0.3 is 5.32 Å². The average molecular weight is 648 g/mol. The molecule has 2 aromatic carbocycles. The molecular formula is C24H19Cl3F10N2O. The van der Waals surface area contributed by atoms with Crippen LogP contribution in [-0.2, 0) is 6.18 Å². The molecular weight excluding hydrogens is 629 g/mol. The zero-order chi connectivity index (χ0) is 30.8. The molecule has 0 spiro atoms. The van der Waals surface area contributed by atoms with E-state index >= 15 is 0 Å². The number of likely N-dealkylation sites (N-methyl/N-ethyl adjacent to an activating group) is 1. The van der Waals surface area contributed by atoms with Crippen molar-refractivity contribution in [2.75, 3.05) is 20.1 Å². The lowest BCUT2D eigenvalue weighted by Gasteiger charge is -2.23. The quantitative estimate of drug-likeness (QED) is 0.229. The van der Waals surface area contributed by atoms with E-state index in [1.807, 2.05) is 0 Å². The van der Waals surface area contributed by atoms with Gasteiger partial charge in [0.25, 0.3) is 5.91 Å². The molecule has 0 saturated heterocycles. The summed E-state index contributed by atoms with van der Waals surface area (Å²) in [6.45, 7) is -0.463. The Hall–Kier alpha value is -2.22. The first kappa shape index (κ1) is 34.0. The minimum Gasteiger partial charge on any atom is -0.348 e. The van der Waals surface area contributed by atoms with Crippen molar-refractivity contribution in [2.24, 2.45) is 0 Å². The number of alkyl halides is 9. The standard InChI is InChI=1S/C24H19Cl3F10N2O/c1-11(9-39(2)10-22(29,30)31)38-21(40)14-4-3-12(5-16(14)24(35,36)37)19(28)8-15(23(32,33)34)13-6-17(25)20(27)18(26)7-13/h3-8,11,15H,9-10H2,1-2H3,(H,38,40)/b19-8-/t11-,15?/m1/s1. The summed E-state index contributed by atoms with van der Waals surface area (Å²) in [5.41, 5.74) is -4.26. The summed E-state index contributed by atoms with van der Waals surface area (Å²) in [5.74, 6) is -5.73. The fourth-order valence-corrected chi connectivity index (χ4v) is 4.30. The van der Waals surface area contributed by atoms with Gasteiger partial charge >= 0.3 is 18.5 Å². The molecule has 0 aliphatic heterocycles. The summed E-state index contributed by atoms with van der Waals surface area (Å²) in [6.07, 6.45) is -14.9. The lowest BCUT2D eigenvalue weighted by Crippen LogP contribution is -2.43. The van der Waals surface area contributed by atoms with Crippen LogP contribution in [0.25, 0.3) is 5.83 Å². The van der Waals surface area contributed by atoms with Crippen molar-refractivity contribution in [2.45, 2.75) is 37.4 Å². The summed E-state index contributed by atoms with van der Waals surface area (Å²) in [6, 6.07) is 1.87. The first-order valence-corrected chi connectivity index (χ1v) is 12.1. The first-order valence-electron chi connectivity index (χ1n) is 11.0. The molecule has 16 heteroatoms. The smallest absolute Gasteiger partial charge is 0.348 e. The average Bonchev–Trinajstić information content (AvgIpc) is 2.77. The highest BCUT2D eigenvalue weighted by Gasteiger charge is 2.41. The van der Waals surface area contributed by atoms with Gasteiger partial charge in [0, 0.05) is 18.2 Å². The van der Waals surface area contributed by atoms with Crippen LogP contribution in [0.5, 0.6) is 0 Å². The van der Waals surface area contributed by atoms with Crippen LogP contribution in [0, 0.1) is 0 Å². The Morgan fingerprint density at radius 1 is 0.975 bits per heavy atom. The topological polar surface area (TPSA) is 32.3 Å². The molecule has 0 bridgehead atoms. The molecule has 2 aromatic rings. The number of carbonyl (C=O) groups is 1. The van der Waals surface area contributed by atoms with Gasteiger partial charge in [-0.25, -0.2) is 4.39 Å². The van der Waals surface area contributed by atoms with Crippen LogP contribution in [0.1, 0.15) is 39.9 Å². The summed E-state index contributed by atoms with van der Waals surface area (Å²) in [5, 5.41) is 1.11. The number of carbonyl (C=O) groups excluding carboxylic acids is 1. The number of nitrogens with one attached hydrogen (secondary N) is 1. The molecule has 2 rings (SSSR count). The Kier molecular flexibility index (Phi) is 10.8. The zero-order valence-corrected chi connectivity index (χ0v) is 22.6. The number of rotatable bonds is 8. The normalized spacial score (nSPS) is 14.8. The number of hydrogen-bond acceptors (Lipinski definition) is 2. The summed E-state index contributed by atoms with van der Waals surface area (Å²) >= 11 is 17.3. The Morgan fingerprint density at radius 3 is 2.00 bits per heavy atom. The number of hydrogen-bond donors (Lipinski definition) is 1. The van der Waals surface area contributed by atoms with Gasteiger partial charge in [-0.1, -0.05) is 40.9 Å². The fourth-order valence-electron chi connectivity index (χ4n) is 3.69.